The van der Waals surface area contributed by atoms with E-state index >= 15 is 0 Å². The lowest BCUT2D eigenvalue weighted by Gasteiger charge is -2.28. The molecule has 11 heavy (non-hydrogen) atoms. The molecule has 1 rings (SSSR count). The second-order valence-electron chi connectivity index (χ2n) is 3.03. The molecule has 0 aromatic heterocycles. The van der Waals surface area contributed by atoms with Crippen molar-refractivity contribution in [1.82, 2.24) is 10.6 Å². The molecule has 0 aromatic rings. The van der Waals surface area contributed by atoms with Gasteiger partial charge >= 0.3 is 6.09 Å². The van der Waals surface area contributed by atoms with Crippen LogP contribution < -0.4 is 10.6 Å². The van der Waals surface area contributed by atoms with E-state index in [0.29, 0.717) is 5.92 Å². The van der Waals surface area contributed by atoms with Crippen LogP contribution in [0.5, 0.6) is 0 Å². The van der Waals surface area contributed by atoms with Crippen LogP contribution in [0.25, 0.3) is 0 Å². The zero-order valence-electron chi connectivity index (χ0n) is 6.63. The highest BCUT2D eigenvalue weighted by Gasteiger charge is 2.21. The van der Waals surface area contributed by atoms with Crippen molar-refractivity contribution in [2.75, 3.05) is 13.1 Å². The van der Waals surface area contributed by atoms with E-state index in [0.717, 1.165) is 19.5 Å². The lowest BCUT2D eigenvalue weighted by molar-refractivity contribution is 0.180. The highest BCUT2D eigenvalue weighted by atomic mass is 16.4. The molecule has 1 saturated heterocycles. The molecule has 0 radical (unpaired) electrons. The first kappa shape index (κ1) is 8.33. The number of hydrogen-bond donors (Lipinski definition) is 3. The molecule has 0 aliphatic carbocycles. The van der Waals surface area contributed by atoms with Crippen molar-refractivity contribution >= 4 is 6.09 Å². The molecule has 3 N–H and O–H groups in total. The Bertz CT molecular complexity index is 149. The van der Waals surface area contributed by atoms with Crippen LogP contribution in [0.1, 0.15) is 13.3 Å². The van der Waals surface area contributed by atoms with Crippen LogP contribution in [0.4, 0.5) is 4.79 Å². The Morgan fingerprint density at radius 2 is 2.45 bits per heavy atom. The SMILES string of the molecule is C[C@H]1CCNC[C@H]1NC(=O)O. The minimum Gasteiger partial charge on any atom is -0.465 e. The molecule has 2 atom stereocenters. The molecule has 4 heteroatoms. The Kier molecular flexibility index (Phi) is 2.70. The maximum atomic E-state index is 10.3. The molecule has 0 aromatic carbocycles. The molecular formula is C7H14N2O2. The van der Waals surface area contributed by atoms with Crippen molar-refractivity contribution in [1.29, 1.82) is 0 Å². The molecule has 0 saturated carbocycles. The molecule has 0 unspecified atom stereocenters. The van der Waals surface area contributed by atoms with Crippen molar-refractivity contribution in [3.05, 3.63) is 0 Å². The molecule has 0 bridgehead atoms. The van der Waals surface area contributed by atoms with Crippen molar-refractivity contribution in [3.63, 3.8) is 0 Å². The summed E-state index contributed by atoms with van der Waals surface area (Å²) < 4.78 is 0. The second-order valence-corrected chi connectivity index (χ2v) is 3.03. The minimum atomic E-state index is -0.925. The molecule has 1 heterocycles. The van der Waals surface area contributed by atoms with E-state index in [-0.39, 0.29) is 6.04 Å². The predicted octanol–water partition coefficient (Wildman–Crippen LogP) is 0.252. The highest BCUT2D eigenvalue weighted by molar-refractivity contribution is 5.64. The standard InChI is InChI=1S/C7H14N2O2/c1-5-2-3-8-4-6(5)9-7(10)11/h5-6,8-9H,2-4H2,1H3,(H,10,11)/t5-,6+/m0/s1. The molecule has 4 nitrogen and oxygen atoms in total. The summed E-state index contributed by atoms with van der Waals surface area (Å²) in [5.74, 6) is 0.451. The topological polar surface area (TPSA) is 61.4 Å². The van der Waals surface area contributed by atoms with Crippen LogP contribution in [0.3, 0.4) is 0 Å². The third-order valence-electron chi connectivity index (χ3n) is 2.14. The van der Waals surface area contributed by atoms with Gasteiger partial charge in [-0.2, -0.15) is 0 Å². The lowest BCUT2D eigenvalue weighted by atomic mass is 9.95. The summed E-state index contributed by atoms with van der Waals surface area (Å²) in [7, 11) is 0. The van der Waals surface area contributed by atoms with E-state index in [2.05, 4.69) is 17.6 Å². The van der Waals surface area contributed by atoms with Gasteiger partial charge in [0.05, 0.1) is 0 Å². The van der Waals surface area contributed by atoms with Crippen molar-refractivity contribution in [2.45, 2.75) is 19.4 Å². The summed E-state index contributed by atoms with van der Waals surface area (Å²) in [6.45, 7) is 3.83. The van der Waals surface area contributed by atoms with Crippen LogP contribution in [0.15, 0.2) is 0 Å². The van der Waals surface area contributed by atoms with Crippen molar-refractivity contribution in [3.8, 4) is 0 Å². The molecule has 64 valence electrons. The van der Waals surface area contributed by atoms with E-state index in [1.807, 2.05) is 0 Å². The second kappa shape index (κ2) is 3.57. The zero-order valence-corrected chi connectivity index (χ0v) is 6.63. The van der Waals surface area contributed by atoms with Crippen molar-refractivity contribution in [2.24, 2.45) is 5.92 Å². The lowest BCUT2D eigenvalue weighted by Crippen LogP contribution is -2.49. The van der Waals surface area contributed by atoms with Gasteiger partial charge in [0.25, 0.3) is 0 Å². The van der Waals surface area contributed by atoms with Crippen LogP contribution in [-0.2, 0) is 0 Å². The number of carboxylic acid groups (broad SMARTS) is 1. The Morgan fingerprint density at radius 1 is 1.73 bits per heavy atom. The number of rotatable bonds is 1. The Hall–Kier alpha value is -0.770. The normalized spacial score (nSPS) is 31.4. The summed E-state index contributed by atoms with van der Waals surface area (Å²) in [5, 5.41) is 14.1. The molecule has 0 spiro atoms. The fourth-order valence-corrected chi connectivity index (χ4v) is 1.34. The molecular weight excluding hydrogens is 144 g/mol. The molecule has 1 aliphatic rings. The Labute approximate surface area is 66.0 Å². The fraction of sp³-hybridized carbons (Fsp3) is 0.857. The van der Waals surface area contributed by atoms with E-state index < -0.39 is 6.09 Å². The summed E-state index contributed by atoms with van der Waals surface area (Å²) in [6, 6.07) is 0.0845. The quantitative estimate of drug-likeness (QED) is 0.512. The summed E-state index contributed by atoms with van der Waals surface area (Å²) in [6.07, 6.45) is 0.121. The van der Waals surface area contributed by atoms with Gasteiger partial charge in [-0.15, -0.1) is 0 Å². The van der Waals surface area contributed by atoms with Gasteiger partial charge in [0.1, 0.15) is 0 Å². The fourth-order valence-electron chi connectivity index (χ4n) is 1.34. The monoisotopic (exact) mass is 158 g/mol. The third-order valence-corrected chi connectivity index (χ3v) is 2.14. The largest absolute Gasteiger partial charge is 0.465 e. The van der Waals surface area contributed by atoms with Crippen LogP contribution in [0.2, 0.25) is 0 Å². The molecule has 1 aliphatic heterocycles. The third kappa shape index (κ3) is 2.38. The molecule has 1 fully saturated rings. The summed E-state index contributed by atoms with van der Waals surface area (Å²) >= 11 is 0. The maximum Gasteiger partial charge on any atom is 0.404 e. The first-order valence-corrected chi connectivity index (χ1v) is 3.90. The van der Waals surface area contributed by atoms with E-state index in [1.165, 1.54) is 0 Å². The summed E-state index contributed by atoms with van der Waals surface area (Å²) in [4.78, 5) is 10.3. The number of hydrogen-bond acceptors (Lipinski definition) is 2. The number of carbonyl (C=O) groups is 1. The average molecular weight is 158 g/mol. The van der Waals surface area contributed by atoms with E-state index in [4.69, 9.17) is 5.11 Å². The summed E-state index contributed by atoms with van der Waals surface area (Å²) in [5.41, 5.74) is 0. The van der Waals surface area contributed by atoms with Gasteiger partial charge < -0.3 is 15.7 Å². The van der Waals surface area contributed by atoms with E-state index in [9.17, 15) is 4.79 Å². The first-order valence-electron chi connectivity index (χ1n) is 3.90. The molecule has 1 amide bonds. The number of nitrogens with one attached hydrogen (secondary N) is 2. The number of piperidine rings is 1. The zero-order chi connectivity index (χ0) is 8.27. The van der Waals surface area contributed by atoms with Gasteiger partial charge in [-0.1, -0.05) is 6.92 Å². The maximum absolute atomic E-state index is 10.3. The predicted molar refractivity (Wildman–Crippen MR) is 41.6 cm³/mol. The Morgan fingerprint density at radius 3 is 3.00 bits per heavy atom. The smallest absolute Gasteiger partial charge is 0.404 e. The van der Waals surface area contributed by atoms with E-state index in [1.54, 1.807) is 0 Å². The van der Waals surface area contributed by atoms with Crippen LogP contribution in [0, 0.1) is 5.92 Å². The van der Waals surface area contributed by atoms with Gasteiger partial charge in [0.15, 0.2) is 0 Å². The number of amides is 1. The van der Waals surface area contributed by atoms with Gasteiger partial charge in [0, 0.05) is 12.6 Å². The Balaban J connectivity index is 2.35. The van der Waals surface area contributed by atoms with Gasteiger partial charge in [-0.3, -0.25) is 0 Å². The van der Waals surface area contributed by atoms with Crippen molar-refractivity contribution < 1.29 is 9.90 Å². The van der Waals surface area contributed by atoms with Crippen LogP contribution >= 0.6 is 0 Å². The minimum absolute atomic E-state index is 0.0845. The van der Waals surface area contributed by atoms with Crippen LogP contribution in [-0.4, -0.2) is 30.3 Å². The average Bonchev–Trinajstić information content (AvgIpc) is 1.93. The van der Waals surface area contributed by atoms with Gasteiger partial charge in [-0.05, 0) is 18.9 Å². The van der Waals surface area contributed by atoms with Gasteiger partial charge in [0.2, 0.25) is 0 Å². The van der Waals surface area contributed by atoms with Gasteiger partial charge in [-0.25, -0.2) is 4.79 Å². The highest BCUT2D eigenvalue weighted by Crippen LogP contribution is 2.10. The first-order chi connectivity index (χ1) is 5.20.